The van der Waals surface area contributed by atoms with Gasteiger partial charge in [0.1, 0.15) is 0 Å². The number of unbranched alkanes of at least 4 members (excludes halogenated alkanes) is 15. The molecule has 3 heteroatoms. The van der Waals surface area contributed by atoms with Crippen molar-refractivity contribution in [1.29, 1.82) is 0 Å². The monoisotopic (exact) mass is 417 g/mol. The van der Waals surface area contributed by atoms with Crippen molar-refractivity contribution in [1.82, 2.24) is 0 Å². The maximum atomic E-state index is 11.9. The first kappa shape index (κ1) is 26.7. The van der Waals surface area contributed by atoms with Gasteiger partial charge >= 0.3 is 5.97 Å². The van der Waals surface area contributed by atoms with E-state index in [1.165, 1.54) is 89.0 Å². The van der Waals surface area contributed by atoms with Crippen molar-refractivity contribution in [2.45, 2.75) is 116 Å². The van der Waals surface area contributed by atoms with Gasteiger partial charge in [-0.2, -0.15) is 4.89 Å². The van der Waals surface area contributed by atoms with E-state index in [4.69, 9.17) is 9.78 Å². The van der Waals surface area contributed by atoms with Gasteiger partial charge in [0.25, 0.3) is 0 Å². The number of benzene rings is 1. The molecule has 0 aliphatic carbocycles. The second-order valence-electron chi connectivity index (χ2n) is 8.40. The molecule has 0 saturated carbocycles. The zero-order valence-electron chi connectivity index (χ0n) is 19.5. The number of hydrogen-bond donors (Lipinski definition) is 0. The van der Waals surface area contributed by atoms with Crippen LogP contribution in [0.25, 0.3) is 0 Å². The van der Waals surface area contributed by atoms with Crippen LogP contribution < -0.4 is 0 Å². The number of carbonyl (C=O) groups is 1. The zero-order valence-corrected chi connectivity index (χ0v) is 19.5. The molecule has 0 bridgehead atoms. The van der Waals surface area contributed by atoms with E-state index in [9.17, 15) is 4.79 Å². The van der Waals surface area contributed by atoms with Crippen molar-refractivity contribution in [3.8, 4) is 0 Å². The zero-order chi connectivity index (χ0) is 21.7. The Morgan fingerprint density at radius 2 is 1.13 bits per heavy atom. The highest BCUT2D eigenvalue weighted by atomic mass is 17.2. The van der Waals surface area contributed by atoms with Crippen LogP contribution in [0.1, 0.15) is 126 Å². The van der Waals surface area contributed by atoms with Crippen LogP contribution in [0.15, 0.2) is 24.3 Å². The lowest BCUT2D eigenvalue weighted by Crippen LogP contribution is -2.07. The van der Waals surface area contributed by atoms with E-state index in [1.54, 1.807) is 12.1 Å². The Labute approximate surface area is 185 Å². The minimum absolute atomic E-state index is 0.410. The van der Waals surface area contributed by atoms with E-state index < -0.39 is 5.97 Å². The smallest absolute Gasteiger partial charge is 0.293 e. The second kappa shape index (κ2) is 19.6. The number of aryl methyl sites for hydroxylation is 1. The highest BCUT2D eigenvalue weighted by molar-refractivity contribution is 5.88. The van der Waals surface area contributed by atoms with Crippen molar-refractivity contribution < 1.29 is 14.6 Å². The molecule has 1 aromatic rings. The summed E-state index contributed by atoms with van der Waals surface area (Å²) in [5, 5.41) is 0. The molecule has 0 aliphatic rings. The quantitative estimate of drug-likeness (QED) is 0.121. The molecule has 0 saturated heterocycles. The molecule has 0 atom stereocenters. The molecule has 0 unspecified atom stereocenters. The summed E-state index contributed by atoms with van der Waals surface area (Å²) < 4.78 is 0. The predicted molar refractivity (Wildman–Crippen MR) is 126 cm³/mol. The van der Waals surface area contributed by atoms with Crippen LogP contribution in [0.2, 0.25) is 0 Å². The molecule has 1 radical (unpaired) electrons. The van der Waals surface area contributed by atoms with Crippen LogP contribution in [-0.2, 0) is 16.2 Å². The van der Waals surface area contributed by atoms with Crippen LogP contribution in [0.3, 0.4) is 0 Å². The Hall–Kier alpha value is -1.35. The van der Waals surface area contributed by atoms with E-state index >= 15 is 0 Å². The van der Waals surface area contributed by atoms with Crippen LogP contribution in [0.4, 0.5) is 0 Å². The van der Waals surface area contributed by atoms with E-state index in [0.29, 0.717) is 12.2 Å². The largest absolute Gasteiger partial charge is 0.373 e. The molecule has 0 fully saturated rings. The van der Waals surface area contributed by atoms with Gasteiger partial charge in [0.05, 0.1) is 12.2 Å². The first-order valence-electron chi connectivity index (χ1n) is 12.5. The molecular weight excluding hydrogens is 372 g/mol. The van der Waals surface area contributed by atoms with Gasteiger partial charge in [0.2, 0.25) is 0 Å². The molecular formula is C27H45O3. The SMILES string of the molecule is [CH2]CCCCCCCCCCCCCCCCCOOC(=O)c1ccc(CC)cc1. The van der Waals surface area contributed by atoms with Crippen molar-refractivity contribution in [3.05, 3.63) is 42.3 Å². The fourth-order valence-corrected chi connectivity index (χ4v) is 3.66. The lowest BCUT2D eigenvalue weighted by atomic mass is 10.0. The Kier molecular flexibility index (Phi) is 17.4. The number of rotatable bonds is 20. The summed E-state index contributed by atoms with van der Waals surface area (Å²) in [7, 11) is 0. The molecule has 1 aromatic carbocycles. The highest BCUT2D eigenvalue weighted by Crippen LogP contribution is 2.14. The Bertz CT molecular complexity index is 509. The van der Waals surface area contributed by atoms with Crippen LogP contribution in [-0.4, -0.2) is 12.6 Å². The van der Waals surface area contributed by atoms with E-state index in [-0.39, 0.29) is 0 Å². The summed E-state index contributed by atoms with van der Waals surface area (Å²) in [6, 6.07) is 7.48. The highest BCUT2D eigenvalue weighted by Gasteiger charge is 2.07. The van der Waals surface area contributed by atoms with Gasteiger partial charge in [-0.1, -0.05) is 122 Å². The summed E-state index contributed by atoms with van der Waals surface area (Å²) in [4.78, 5) is 21.8. The minimum atomic E-state index is -0.410. The summed E-state index contributed by atoms with van der Waals surface area (Å²) in [5.41, 5.74) is 1.75. The molecule has 171 valence electrons. The number of carbonyl (C=O) groups excluding carboxylic acids is 1. The second-order valence-corrected chi connectivity index (χ2v) is 8.40. The van der Waals surface area contributed by atoms with E-state index in [1.807, 2.05) is 12.1 Å². The third-order valence-corrected chi connectivity index (χ3v) is 5.71. The molecule has 0 aliphatic heterocycles. The maximum absolute atomic E-state index is 11.9. The molecule has 1 rings (SSSR count). The fourth-order valence-electron chi connectivity index (χ4n) is 3.66. The summed E-state index contributed by atoms with van der Waals surface area (Å²) in [6.45, 7) is 6.46. The molecule has 30 heavy (non-hydrogen) atoms. The first-order valence-corrected chi connectivity index (χ1v) is 12.5. The molecule has 0 N–H and O–H groups in total. The van der Waals surface area contributed by atoms with Gasteiger partial charge in [0.15, 0.2) is 0 Å². The third-order valence-electron chi connectivity index (χ3n) is 5.71. The van der Waals surface area contributed by atoms with Crippen molar-refractivity contribution in [3.63, 3.8) is 0 Å². The van der Waals surface area contributed by atoms with Gasteiger partial charge in [-0.3, -0.25) is 4.89 Å². The predicted octanol–water partition coefficient (Wildman–Crippen LogP) is 8.41. The molecule has 0 amide bonds. The lowest BCUT2D eigenvalue weighted by Gasteiger charge is -2.05. The van der Waals surface area contributed by atoms with Crippen molar-refractivity contribution in [2.24, 2.45) is 0 Å². The standard InChI is InChI=1S/C27H45O3/c1-3-5-6-7-8-9-10-11-12-13-14-15-16-17-18-19-24-29-30-27(28)26-22-20-25(4-2)21-23-26/h20-23H,1,3-19,24H2,2H3. The Balaban J connectivity index is 1.79. The number of hydrogen-bond acceptors (Lipinski definition) is 3. The van der Waals surface area contributed by atoms with Crippen LogP contribution in [0, 0.1) is 6.92 Å². The minimum Gasteiger partial charge on any atom is -0.293 e. The molecule has 3 nitrogen and oxygen atoms in total. The van der Waals surface area contributed by atoms with Crippen molar-refractivity contribution >= 4 is 5.97 Å². The fraction of sp³-hybridized carbons (Fsp3) is 0.704. The van der Waals surface area contributed by atoms with E-state index in [0.717, 1.165) is 25.7 Å². The van der Waals surface area contributed by atoms with Gasteiger partial charge in [-0.05, 0) is 30.5 Å². The van der Waals surface area contributed by atoms with Gasteiger partial charge < -0.3 is 0 Å². The van der Waals surface area contributed by atoms with Gasteiger partial charge in [0, 0.05) is 0 Å². The average Bonchev–Trinajstić information content (AvgIpc) is 2.78. The summed E-state index contributed by atoms with van der Waals surface area (Å²) >= 11 is 0. The van der Waals surface area contributed by atoms with Crippen LogP contribution in [0.5, 0.6) is 0 Å². The molecule has 0 spiro atoms. The topological polar surface area (TPSA) is 35.5 Å². The van der Waals surface area contributed by atoms with Crippen LogP contribution >= 0.6 is 0 Å². The summed E-state index contributed by atoms with van der Waals surface area (Å²) in [5.74, 6) is -0.410. The molecule has 0 heterocycles. The summed E-state index contributed by atoms with van der Waals surface area (Å²) in [6.07, 6.45) is 21.9. The first-order chi connectivity index (χ1) is 14.8. The Morgan fingerprint density at radius 3 is 1.57 bits per heavy atom. The van der Waals surface area contributed by atoms with Crippen molar-refractivity contribution in [2.75, 3.05) is 6.61 Å². The van der Waals surface area contributed by atoms with Gasteiger partial charge in [-0.25, -0.2) is 4.79 Å². The van der Waals surface area contributed by atoms with E-state index in [2.05, 4.69) is 13.8 Å². The molecule has 0 aromatic heterocycles. The third kappa shape index (κ3) is 14.6. The normalized spacial score (nSPS) is 11.0. The Morgan fingerprint density at radius 1 is 0.700 bits per heavy atom. The van der Waals surface area contributed by atoms with Gasteiger partial charge in [-0.15, -0.1) is 0 Å². The maximum Gasteiger partial charge on any atom is 0.373 e. The lowest BCUT2D eigenvalue weighted by molar-refractivity contribution is -0.241. The average molecular weight is 418 g/mol.